The predicted molar refractivity (Wildman–Crippen MR) is 91.3 cm³/mol. The second kappa shape index (κ2) is 8.36. The number of anilines is 1. The molecule has 3 N–H and O–H groups in total. The molecule has 4 heterocycles. The fourth-order valence-corrected chi connectivity index (χ4v) is 3.03. The van der Waals surface area contributed by atoms with Crippen molar-refractivity contribution in [1.29, 1.82) is 0 Å². The lowest BCUT2D eigenvalue weighted by molar-refractivity contribution is -0.146. The minimum Gasteiger partial charge on any atom is -0.393 e. The largest absolute Gasteiger partial charge is 0.453 e. The first-order valence-corrected chi connectivity index (χ1v) is 8.96. The molecule has 0 radical (unpaired) electrons. The molecule has 2 aliphatic heterocycles. The van der Waals surface area contributed by atoms with E-state index in [1.54, 1.807) is 6.07 Å². The first-order valence-electron chi connectivity index (χ1n) is 8.96. The predicted octanol–water partition coefficient (Wildman–Crippen LogP) is 0.835. The van der Waals surface area contributed by atoms with Crippen LogP contribution in [0.5, 0.6) is 0 Å². The van der Waals surface area contributed by atoms with E-state index >= 15 is 0 Å². The van der Waals surface area contributed by atoms with Crippen LogP contribution in [0.25, 0.3) is 5.65 Å². The molecule has 2 aromatic heterocycles. The second-order valence-corrected chi connectivity index (χ2v) is 6.68. The third-order valence-corrected chi connectivity index (χ3v) is 4.60. The molecule has 0 aromatic carbocycles. The smallest absolute Gasteiger partial charge is 0.393 e. The van der Waals surface area contributed by atoms with Gasteiger partial charge in [-0.15, -0.1) is 15.3 Å². The summed E-state index contributed by atoms with van der Waals surface area (Å²) in [7, 11) is 0. The number of halogens is 3. The highest BCUT2D eigenvalue weighted by Gasteiger charge is 2.37. The number of hydrogen-bond acceptors (Lipinski definition) is 7. The standard InChI is InChI=1S/C11H12F3N5O.C5H11NO/c12-11(13,14)10-16-15-8-1-2-9(17-19(8)10)18-5-3-7(20)4-6-18;7-5-1-3-6-4-2-5/h1-2,7,20H,3-6H2;5-7H,1-4H2. The first kappa shape index (κ1) is 19.8. The summed E-state index contributed by atoms with van der Waals surface area (Å²) in [5.74, 6) is -0.707. The zero-order valence-corrected chi connectivity index (χ0v) is 14.7. The van der Waals surface area contributed by atoms with Gasteiger partial charge in [-0.2, -0.15) is 17.7 Å². The van der Waals surface area contributed by atoms with E-state index in [0.29, 0.717) is 36.3 Å². The number of fused-ring (bicyclic) bond motifs is 1. The van der Waals surface area contributed by atoms with E-state index in [9.17, 15) is 18.3 Å². The number of nitrogens with zero attached hydrogens (tertiary/aromatic N) is 5. The fraction of sp³-hybridized carbons (Fsp3) is 0.688. The molecule has 8 nitrogen and oxygen atoms in total. The van der Waals surface area contributed by atoms with Gasteiger partial charge < -0.3 is 20.4 Å². The van der Waals surface area contributed by atoms with Crippen molar-refractivity contribution in [2.75, 3.05) is 31.1 Å². The van der Waals surface area contributed by atoms with Crippen LogP contribution in [-0.4, -0.2) is 68.4 Å². The zero-order valence-electron chi connectivity index (χ0n) is 14.7. The van der Waals surface area contributed by atoms with Crippen molar-refractivity contribution in [2.45, 2.75) is 44.1 Å². The summed E-state index contributed by atoms with van der Waals surface area (Å²) in [4.78, 5) is 1.84. The SMILES string of the molecule is OC1CCN(c2ccc3nnc(C(F)(F)F)n3n2)CC1.OC1CCNCC1. The van der Waals surface area contributed by atoms with Gasteiger partial charge in [-0.1, -0.05) is 0 Å². The number of alkyl halides is 3. The molecular weight excluding hydrogens is 365 g/mol. The van der Waals surface area contributed by atoms with Crippen molar-refractivity contribution >= 4 is 11.5 Å². The van der Waals surface area contributed by atoms with E-state index in [0.717, 1.165) is 25.9 Å². The highest BCUT2D eigenvalue weighted by Crippen LogP contribution is 2.28. The van der Waals surface area contributed by atoms with Gasteiger partial charge in [0.1, 0.15) is 5.82 Å². The molecule has 2 aliphatic rings. The van der Waals surface area contributed by atoms with Gasteiger partial charge in [0.15, 0.2) is 5.65 Å². The molecule has 0 bridgehead atoms. The lowest BCUT2D eigenvalue weighted by Crippen LogP contribution is -2.36. The van der Waals surface area contributed by atoms with Crippen molar-refractivity contribution in [3.8, 4) is 0 Å². The number of aromatic nitrogens is 4. The quantitative estimate of drug-likeness (QED) is 0.666. The van der Waals surface area contributed by atoms with Crippen LogP contribution in [0.3, 0.4) is 0 Å². The fourth-order valence-electron chi connectivity index (χ4n) is 3.03. The number of rotatable bonds is 1. The molecule has 2 aromatic rings. The summed E-state index contributed by atoms with van der Waals surface area (Å²) in [6.45, 7) is 3.09. The van der Waals surface area contributed by atoms with Crippen molar-refractivity contribution in [3.05, 3.63) is 18.0 Å². The van der Waals surface area contributed by atoms with E-state index in [4.69, 9.17) is 5.11 Å². The molecule has 150 valence electrons. The number of nitrogens with one attached hydrogen (secondary N) is 1. The van der Waals surface area contributed by atoms with E-state index in [1.165, 1.54) is 6.07 Å². The average Bonchev–Trinajstić information content (AvgIpc) is 3.07. The van der Waals surface area contributed by atoms with Crippen LogP contribution in [0, 0.1) is 0 Å². The Morgan fingerprint density at radius 1 is 0.963 bits per heavy atom. The Bertz CT molecular complexity index is 739. The summed E-state index contributed by atoms with van der Waals surface area (Å²) in [6.07, 6.45) is -1.96. The van der Waals surface area contributed by atoms with Gasteiger partial charge in [0, 0.05) is 13.1 Å². The van der Waals surface area contributed by atoms with Crippen molar-refractivity contribution in [2.24, 2.45) is 0 Å². The molecule has 2 saturated heterocycles. The minimum atomic E-state index is -4.59. The Balaban J connectivity index is 0.000000253. The Hall–Kier alpha value is -1.98. The van der Waals surface area contributed by atoms with Crippen LogP contribution in [-0.2, 0) is 6.18 Å². The summed E-state index contributed by atoms with van der Waals surface area (Å²) >= 11 is 0. The molecule has 0 atom stereocenters. The molecule has 2 fully saturated rings. The van der Waals surface area contributed by atoms with Gasteiger partial charge in [-0.3, -0.25) is 0 Å². The lowest BCUT2D eigenvalue weighted by Gasteiger charge is -2.30. The Labute approximate surface area is 154 Å². The van der Waals surface area contributed by atoms with Gasteiger partial charge in [-0.05, 0) is 50.9 Å². The van der Waals surface area contributed by atoms with E-state index in [2.05, 4.69) is 20.6 Å². The third-order valence-electron chi connectivity index (χ3n) is 4.60. The number of piperidine rings is 2. The molecule has 0 spiro atoms. The highest BCUT2D eigenvalue weighted by molar-refractivity contribution is 5.46. The third kappa shape index (κ3) is 5.05. The lowest BCUT2D eigenvalue weighted by atomic mass is 10.1. The van der Waals surface area contributed by atoms with Crippen molar-refractivity contribution in [1.82, 2.24) is 25.1 Å². The van der Waals surface area contributed by atoms with Gasteiger partial charge in [0.2, 0.25) is 0 Å². The van der Waals surface area contributed by atoms with Crippen LogP contribution < -0.4 is 10.2 Å². The minimum absolute atomic E-state index is 0.0266. The van der Waals surface area contributed by atoms with Gasteiger partial charge in [0.25, 0.3) is 5.82 Å². The van der Waals surface area contributed by atoms with Gasteiger partial charge >= 0.3 is 6.18 Å². The van der Waals surface area contributed by atoms with E-state index in [-0.39, 0.29) is 17.9 Å². The molecule has 0 unspecified atom stereocenters. The van der Waals surface area contributed by atoms with E-state index < -0.39 is 12.0 Å². The summed E-state index contributed by atoms with van der Waals surface area (Å²) < 4.78 is 39.0. The first-order chi connectivity index (χ1) is 12.8. The Morgan fingerprint density at radius 2 is 1.59 bits per heavy atom. The Morgan fingerprint density at radius 3 is 2.15 bits per heavy atom. The van der Waals surface area contributed by atoms with Crippen molar-refractivity contribution < 1.29 is 23.4 Å². The normalized spacial score (nSPS) is 19.8. The molecule has 0 aliphatic carbocycles. The van der Waals surface area contributed by atoms with Crippen molar-refractivity contribution in [3.63, 3.8) is 0 Å². The maximum atomic E-state index is 12.8. The molecule has 0 saturated carbocycles. The van der Waals surface area contributed by atoms with Crippen LogP contribution in [0.15, 0.2) is 12.1 Å². The van der Waals surface area contributed by atoms with Crippen LogP contribution >= 0.6 is 0 Å². The maximum Gasteiger partial charge on any atom is 0.453 e. The van der Waals surface area contributed by atoms with Gasteiger partial charge in [-0.25, -0.2) is 0 Å². The highest BCUT2D eigenvalue weighted by atomic mass is 19.4. The molecular formula is C16H23F3N6O2. The summed E-state index contributed by atoms with van der Waals surface area (Å²) in [6, 6.07) is 3.07. The van der Waals surface area contributed by atoms with Crippen LogP contribution in [0.2, 0.25) is 0 Å². The molecule has 0 amide bonds. The summed E-state index contributed by atoms with van der Waals surface area (Å²) in [5, 5.41) is 32.0. The number of aliphatic hydroxyl groups excluding tert-OH is 2. The average molecular weight is 388 g/mol. The van der Waals surface area contributed by atoms with E-state index in [1.807, 2.05) is 4.90 Å². The van der Waals surface area contributed by atoms with Crippen LogP contribution in [0.4, 0.5) is 19.0 Å². The monoisotopic (exact) mass is 388 g/mol. The van der Waals surface area contributed by atoms with Gasteiger partial charge in [0.05, 0.1) is 12.2 Å². The molecule has 27 heavy (non-hydrogen) atoms. The number of aliphatic hydroxyl groups is 2. The van der Waals surface area contributed by atoms with Crippen LogP contribution in [0.1, 0.15) is 31.5 Å². The Kier molecular flexibility index (Phi) is 6.12. The topological polar surface area (TPSA) is 98.8 Å². The zero-order chi connectivity index (χ0) is 19.4. The molecule has 11 heteroatoms. The summed E-state index contributed by atoms with van der Waals surface area (Å²) in [5.41, 5.74) is 0.0538. The number of hydrogen-bond donors (Lipinski definition) is 3. The molecule has 4 rings (SSSR count). The second-order valence-electron chi connectivity index (χ2n) is 6.68. The maximum absolute atomic E-state index is 12.8.